The van der Waals surface area contributed by atoms with Gasteiger partial charge in [-0.3, -0.25) is 10.1 Å². The fourth-order valence-corrected chi connectivity index (χ4v) is 1.64. The van der Waals surface area contributed by atoms with Gasteiger partial charge in [0, 0.05) is 11.1 Å². The average Bonchev–Trinajstić information content (AvgIpc) is 2.16. The standard InChI is InChI=1S/C10H11ClN2O3/c1-6-2-10(13(14)15)9(3-8(6)11)12-7-4-16-5-7/h2-3,7,12H,4-5H2,1H3. The van der Waals surface area contributed by atoms with Gasteiger partial charge in [-0.1, -0.05) is 11.6 Å². The second kappa shape index (κ2) is 4.27. The van der Waals surface area contributed by atoms with Crippen molar-refractivity contribution in [1.29, 1.82) is 0 Å². The molecular weight excluding hydrogens is 232 g/mol. The quantitative estimate of drug-likeness (QED) is 0.653. The molecule has 1 fully saturated rings. The van der Waals surface area contributed by atoms with E-state index in [1.807, 2.05) is 0 Å². The van der Waals surface area contributed by atoms with Gasteiger partial charge in [0.05, 0.1) is 24.2 Å². The molecule has 5 nitrogen and oxygen atoms in total. The van der Waals surface area contributed by atoms with Gasteiger partial charge in [0.1, 0.15) is 5.69 Å². The maximum atomic E-state index is 10.9. The molecule has 6 heteroatoms. The molecule has 0 amide bonds. The van der Waals surface area contributed by atoms with Crippen LogP contribution < -0.4 is 5.32 Å². The summed E-state index contributed by atoms with van der Waals surface area (Å²) in [6.07, 6.45) is 0. The van der Waals surface area contributed by atoms with Crippen molar-refractivity contribution in [3.8, 4) is 0 Å². The third kappa shape index (κ3) is 2.10. The summed E-state index contributed by atoms with van der Waals surface area (Å²) in [5, 5.41) is 14.4. The number of rotatable bonds is 3. The number of nitrogens with one attached hydrogen (secondary N) is 1. The molecule has 2 rings (SSSR count). The van der Waals surface area contributed by atoms with Crippen LogP contribution in [0.5, 0.6) is 0 Å². The van der Waals surface area contributed by atoms with Crippen LogP contribution in [0.1, 0.15) is 5.56 Å². The molecule has 1 aromatic rings. The van der Waals surface area contributed by atoms with Crippen LogP contribution in [0.2, 0.25) is 5.02 Å². The Hall–Kier alpha value is -1.33. The topological polar surface area (TPSA) is 64.4 Å². The highest BCUT2D eigenvalue weighted by molar-refractivity contribution is 6.31. The van der Waals surface area contributed by atoms with E-state index in [0.29, 0.717) is 29.5 Å². The number of hydrogen-bond acceptors (Lipinski definition) is 4. The fraction of sp³-hybridized carbons (Fsp3) is 0.400. The van der Waals surface area contributed by atoms with Crippen molar-refractivity contribution < 1.29 is 9.66 Å². The Morgan fingerprint density at radius 2 is 2.25 bits per heavy atom. The van der Waals surface area contributed by atoms with Crippen LogP contribution >= 0.6 is 11.6 Å². The van der Waals surface area contributed by atoms with Crippen molar-refractivity contribution in [2.24, 2.45) is 0 Å². The van der Waals surface area contributed by atoms with Gasteiger partial charge in [0.25, 0.3) is 5.69 Å². The normalized spacial score (nSPS) is 15.6. The van der Waals surface area contributed by atoms with E-state index < -0.39 is 4.92 Å². The van der Waals surface area contributed by atoms with Gasteiger partial charge in [0.15, 0.2) is 0 Å². The number of nitro groups is 1. The highest BCUT2D eigenvalue weighted by atomic mass is 35.5. The first-order valence-corrected chi connectivity index (χ1v) is 5.24. The van der Waals surface area contributed by atoms with Gasteiger partial charge >= 0.3 is 0 Å². The van der Waals surface area contributed by atoms with Crippen molar-refractivity contribution in [3.05, 3.63) is 32.8 Å². The predicted octanol–water partition coefficient (Wildman–Crippen LogP) is 2.37. The number of nitrogens with zero attached hydrogens (tertiary/aromatic N) is 1. The third-order valence-electron chi connectivity index (χ3n) is 2.47. The van der Waals surface area contributed by atoms with E-state index in [9.17, 15) is 10.1 Å². The van der Waals surface area contributed by atoms with Crippen LogP contribution in [0.3, 0.4) is 0 Å². The van der Waals surface area contributed by atoms with Gasteiger partial charge in [0.2, 0.25) is 0 Å². The van der Waals surface area contributed by atoms with Gasteiger partial charge in [-0.05, 0) is 18.6 Å². The number of benzene rings is 1. The van der Waals surface area contributed by atoms with E-state index in [1.165, 1.54) is 6.07 Å². The van der Waals surface area contributed by atoms with Gasteiger partial charge in [-0.2, -0.15) is 0 Å². The molecule has 1 N–H and O–H groups in total. The molecule has 16 heavy (non-hydrogen) atoms. The van der Waals surface area contributed by atoms with Crippen molar-refractivity contribution in [2.45, 2.75) is 13.0 Å². The molecule has 1 aliphatic heterocycles. The lowest BCUT2D eigenvalue weighted by Gasteiger charge is -2.27. The number of hydrogen-bond donors (Lipinski definition) is 1. The van der Waals surface area contributed by atoms with E-state index in [0.717, 1.165) is 0 Å². The summed E-state index contributed by atoms with van der Waals surface area (Å²) in [7, 11) is 0. The van der Waals surface area contributed by atoms with Crippen LogP contribution in [0.25, 0.3) is 0 Å². The molecule has 0 saturated carbocycles. The zero-order chi connectivity index (χ0) is 11.7. The molecule has 1 aromatic carbocycles. The number of ether oxygens (including phenoxy) is 1. The van der Waals surface area contributed by atoms with Crippen LogP contribution in [0.15, 0.2) is 12.1 Å². The van der Waals surface area contributed by atoms with E-state index >= 15 is 0 Å². The Morgan fingerprint density at radius 1 is 1.56 bits per heavy atom. The predicted molar refractivity (Wildman–Crippen MR) is 61.1 cm³/mol. The Balaban J connectivity index is 2.32. The maximum absolute atomic E-state index is 10.9. The highest BCUT2D eigenvalue weighted by Crippen LogP contribution is 2.31. The van der Waals surface area contributed by atoms with Crippen LogP contribution in [-0.4, -0.2) is 24.2 Å². The number of aryl methyl sites for hydroxylation is 1. The summed E-state index contributed by atoms with van der Waals surface area (Å²) in [6, 6.07) is 3.20. The summed E-state index contributed by atoms with van der Waals surface area (Å²) in [5.74, 6) is 0. The second-order valence-electron chi connectivity index (χ2n) is 3.75. The summed E-state index contributed by atoms with van der Waals surface area (Å²) < 4.78 is 5.00. The van der Waals surface area contributed by atoms with Crippen molar-refractivity contribution >= 4 is 23.0 Å². The zero-order valence-electron chi connectivity index (χ0n) is 8.70. The molecule has 0 bridgehead atoms. The maximum Gasteiger partial charge on any atom is 0.292 e. The zero-order valence-corrected chi connectivity index (χ0v) is 9.45. The third-order valence-corrected chi connectivity index (χ3v) is 2.88. The summed E-state index contributed by atoms with van der Waals surface area (Å²) >= 11 is 5.94. The second-order valence-corrected chi connectivity index (χ2v) is 4.16. The first kappa shape index (κ1) is 11.2. The minimum Gasteiger partial charge on any atom is -0.377 e. The van der Waals surface area contributed by atoms with E-state index in [-0.39, 0.29) is 11.7 Å². The Morgan fingerprint density at radius 3 is 2.75 bits per heavy atom. The molecule has 0 aliphatic carbocycles. The smallest absolute Gasteiger partial charge is 0.292 e. The molecular formula is C10H11ClN2O3. The van der Waals surface area contributed by atoms with Crippen molar-refractivity contribution in [2.75, 3.05) is 18.5 Å². The molecule has 0 radical (unpaired) electrons. The Bertz CT molecular complexity index is 432. The number of nitro benzene ring substituents is 1. The van der Waals surface area contributed by atoms with E-state index in [4.69, 9.17) is 16.3 Å². The first-order valence-electron chi connectivity index (χ1n) is 4.86. The molecule has 86 valence electrons. The number of anilines is 1. The minimum absolute atomic E-state index is 0.0498. The van der Waals surface area contributed by atoms with E-state index in [1.54, 1.807) is 13.0 Å². The molecule has 0 unspecified atom stereocenters. The molecule has 0 aromatic heterocycles. The van der Waals surface area contributed by atoms with Gasteiger partial charge in [-0.25, -0.2) is 0 Å². The van der Waals surface area contributed by atoms with Crippen molar-refractivity contribution in [3.63, 3.8) is 0 Å². The van der Waals surface area contributed by atoms with Crippen LogP contribution in [-0.2, 0) is 4.74 Å². The van der Waals surface area contributed by atoms with Crippen LogP contribution in [0.4, 0.5) is 11.4 Å². The van der Waals surface area contributed by atoms with Crippen molar-refractivity contribution in [1.82, 2.24) is 0 Å². The summed E-state index contributed by atoms with van der Waals surface area (Å²) in [4.78, 5) is 10.5. The average molecular weight is 243 g/mol. The highest BCUT2D eigenvalue weighted by Gasteiger charge is 2.23. The first-order chi connectivity index (χ1) is 7.58. The fourth-order valence-electron chi connectivity index (χ4n) is 1.47. The number of halogens is 1. The van der Waals surface area contributed by atoms with Crippen LogP contribution in [0, 0.1) is 17.0 Å². The lowest BCUT2D eigenvalue weighted by Crippen LogP contribution is -2.40. The SMILES string of the molecule is Cc1cc([N+](=O)[O-])c(NC2COC2)cc1Cl. The molecule has 1 heterocycles. The molecule has 0 atom stereocenters. The largest absolute Gasteiger partial charge is 0.377 e. The molecule has 1 aliphatic rings. The Labute approximate surface area is 97.5 Å². The molecule has 0 spiro atoms. The van der Waals surface area contributed by atoms with Gasteiger partial charge < -0.3 is 10.1 Å². The Kier molecular flexibility index (Phi) is 2.98. The lowest BCUT2D eigenvalue weighted by molar-refractivity contribution is -0.384. The summed E-state index contributed by atoms with van der Waals surface area (Å²) in [5.41, 5.74) is 1.20. The van der Waals surface area contributed by atoms with Gasteiger partial charge in [-0.15, -0.1) is 0 Å². The minimum atomic E-state index is -0.412. The monoisotopic (exact) mass is 242 g/mol. The molecule has 1 saturated heterocycles. The lowest BCUT2D eigenvalue weighted by atomic mass is 10.1. The van der Waals surface area contributed by atoms with E-state index in [2.05, 4.69) is 5.32 Å². The summed E-state index contributed by atoms with van der Waals surface area (Å²) in [6.45, 7) is 2.89.